The molecule has 1 aliphatic heterocycles. The van der Waals surface area contributed by atoms with Crippen LogP contribution in [-0.4, -0.2) is 54.2 Å². The van der Waals surface area contributed by atoms with Crippen LogP contribution in [0.5, 0.6) is 0 Å². The lowest BCUT2D eigenvalue weighted by Crippen LogP contribution is -2.39. The van der Waals surface area contributed by atoms with Crippen LogP contribution >= 0.6 is 0 Å². The minimum atomic E-state index is 0.410. The Bertz CT molecular complexity index is 454. The Morgan fingerprint density at radius 1 is 1.43 bits per heavy atom. The normalized spacial score (nSPS) is 19.1. The first-order valence-corrected chi connectivity index (χ1v) is 7.80. The van der Waals surface area contributed by atoms with Crippen LogP contribution in [0.15, 0.2) is 6.07 Å². The molecule has 2 heterocycles. The van der Waals surface area contributed by atoms with E-state index in [9.17, 15) is 0 Å². The molecule has 0 aromatic carbocycles. The molecule has 6 nitrogen and oxygen atoms in total. The van der Waals surface area contributed by atoms with Gasteiger partial charge in [-0.15, -0.1) is 0 Å². The van der Waals surface area contributed by atoms with Gasteiger partial charge < -0.3 is 15.4 Å². The van der Waals surface area contributed by atoms with E-state index in [-0.39, 0.29) is 0 Å². The summed E-state index contributed by atoms with van der Waals surface area (Å²) in [6.07, 6.45) is 2.54. The first-order valence-electron chi connectivity index (χ1n) is 7.80. The molecule has 1 aromatic rings. The maximum Gasteiger partial charge on any atom is 0.158 e. The third-order valence-electron chi connectivity index (χ3n) is 3.99. The van der Waals surface area contributed by atoms with Gasteiger partial charge in [-0.25, -0.2) is 9.97 Å². The van der Waals surface area contributed by atoms with Gasteiger partial charge in [-0.05, 0) is 32.9 Å². The highest BCUT2D eigenvalue weighted by Crippen LogP contribution is 2.20. The number of nitrogen functional groups attached to an aromatic ring is 1. The second-order valence-electron chi connectivity index (χ2n) is 5.51. The molecular formula is C15H27N5O. The summed E-state index contributed by atoms with van der Waals surface area (Å²) in [5.41, 5.74) is 5.89. The van der Waals surface area contributed by atoms with E-state index >= 15 is 0 Å². The van der Waals surface area contributed by atoms with Crippen LogP contribution in [0.1, 0.15) is 32.5 Å². The van der Waals surface area contributed by atoms with Crippen LogP contribution in [0.3, 0.4) is 0 Å². The predicted molar refractivity (Wildman–Crippen MR) is 85.3 cm³/mol. The Kier molecular flexibility index (Phi) is 5.76. The molecule has 1 aliphatic rings. The molecule has 1 unspecified atom stereocenters. The molecule has 2 rings (SSSR count). The number of ether oxygens (including phenoxy) is 1. The zero-order valence-electron chi connectivity index (χ0n) is 13.4. The van der Waals surface area contributed by atoms with Crippen molar-refractivity contribution in [2.45, 2.75) is 39.3 Å². The minimum Gasteiger partial charge on any atom is -0.384 e. The fourth-order valence-electron chi connectivity index (χ4n) is 2.88. The van der Waals surface area contributed by atoms with Gasteiger partial charge >= 0.3 is 0 Å². The van der Waals surface area contributed by atoms with Crippen LogP contribution in [-0.2, 0) is 11.3 Å². The second-order valence-corrected chi connectivity index (χ2v) is 5.51. The van der Waals surface area contributed by atoms with E-state index in [2.05, 4.69) is 33.7 Å². The number of likely N-dealkylation sites (N-methyl/N-ethyl adjacent to an activating group) is 2. The van der Waals surface area contributed by atoms with Gasteiger partial charge in [-0.2, -0.15) is 0 Å². The maximum absolute atomic E-state index is 5.89. The molecule has 6 heteroatoms. The van der Waals surface area contributed by atoms with Crippen molar-refractivity contribution in [3.63, 3.8) is 0 Å². The standard InChI is InChI=1S/C15H27N5O/c1-4-20-8-6-7-12(20)10-19(3)15-9-13(16)17-14(18-15)11-21-5-2/h9,12H,4-8,10-11H2,1-3H3,(H2,16,17,18). The summed E-state index contributed by atoms with van der Waals surface area (Å²) in [6.45, 7) is 8.53. The van der Waals surface area contributed by atoms with Crippen LogP contribution in [0.2, 0.25) is 0 Å². The van der Waals surface area contributed by atoms with Gasteiger partial charge in [-0.3, -0.25) is 4.90 Å². The number of anilines is 2. The van der Waals surface area contributed by atoms with E-state index in [0.717, 1.165) is 18.9 Å². The molecule has 0 saturated carbocycles. The summed E-state index contributed by atoms with van der Waals surface area (Å²) in [4.78, 5) is 13.5. The lowest BCUT2D eigenvalue weighted by atomic mass is 10.2. The van der Waals surface area contributed by atoms with E-state index in [1.165, 1.54) is 19.4 Å². The third-order valence-corrected chi connectivity index (χ3v) is 3.99. The number of rotatable bonds is 7. The zero-order valence-corrected chi connectivity index (χ0v) is 13.4. The quantitative estimate of drug-likeness (QED) is 0.822. The van der Waals surface area contributed by atoms with Crippen LogP contribution in [0, 0.1) is 0 Å². The smallest absolute Gasteiger partial charge is 0.158 e. The Morgan fingerprint density at radius 3 is 2.95 bits per heavy atom. The highest BCUT2D eigenvalue weighted by molar-refractivity contribution is 5.46. The summed E-state index contributed by atoms with van der Waals surface area (Å²) in [6, 6.07) is 2.44. The summed E-state index contributed by atoms with van der Waals surface area (Å²) in [7, 11) is 2.07. The number of aromatic nitrogens is 2. The van der Waals surface area contributed by atoms with Crippen LogP contribution < -0.4 is 10.6 Å². The molecule has 1 fully saturated rings. The Balaban J connectivity index is 2.04. The van der Waals surface area contributed by atoms with E-state index < -0.39 is 0 Å². The predicted octanol–water partition coefficient (Wildman–Crippen LogP) is 1.52. The van der Waals surface area contributed by atoms with Gasteiger partial charge in [-0.1, -0.05) is 6.92 Å². The Morgan fingerprint density at radius 2 is 2.24 bits per heavy atom. The average molecular weight is 293 g/mol. The maximum atomic E-state index is 5.89. The summed E-state index contributed by atoms with van der Waals surface area (Å²) in [5, 5.41) is 0. The summed E-state index contributed by atoms with van der Waals surface area (Å²) >= 11 is 0. The fourth-order valence-corrected chi connectivity index (χ4v) is 2.88. The van der Waals surface area contributed by atoms with Gasteiger partial charge in [0.2, 0.25) is 0 Å². The summed E-state index contributed by atoms with van der Waals surface area (Å²) in [5.74, 6) is 2.03. The van der Waals surface area contributed by atoms with E-state index in [4.69, 9.17) is 10.5 Å². The SMILES string of the molecule is CCOCc1nc(N)cc(N(C)CC2CCCN2CC)n1. The van der Waals surface area contributed by atoms with Gasteiger partial charge in [0.05, 0.1) is 0 Å². The highest BCUT2D eigenvalue weighted by Gasteiger charge is 2.24. The molecule has 0 amide bonds. The van der Waals surface area contributed by atoms with Crippen molar-refractivity contribution in [3.8, 4) is 0 Å². The molecule has 1 aromatic heterocycles. The fraction of sp³-hybridized carbons (Fsp3) is 0.733. The topological polar surface area (TPSA) is 67.5 Å². The van der Waals surface area contributed by atoms with Crippen molar-refractivity contribution in [2.24, 2.45) is 0 Å². The summed E-state index contributed by atoms with van der Waals surface area (Å²) < 4.78 is 5.37. The third kappa shape index (κ3) is 4.28. The molecule has 2 N–H and O–H groups in total. The zero-order chi connectivity index (χ0) is 15.2. The number of hydrogen-bond acceptors (Lipinski definition) is 6. The first-order chi connectivity index (χ1) is 10.1. The van der Waals surface area contributed by atoms with Gasteiger partial charge in [0, 0.05) is 32.3 Å². The first kappa shape index (κ1) is 16.0. The van der Waals surface area contributed by atoms with Crippen molar-refractivity contribution in [2.75, 3.05) is 43.9 Å². The van der Waals surface area contributed by atoms with Crippen molar-refractivity contribution in [1.82, 2.24) is 14.9 Å². The molecule has 0 spiro atoms. The highest BCUT2D eigenvalue weighted by atomic mass is 16.5. The molecule has 21 heavy (non-hydrogen) atoms. The van der Waals surface area contributed by atoms with Crippen LogP contribution in [0.25, 0.3) is 0 Å². The van der Waals surface area contributed by atoms with E-state index in [0.29, 0.717) is 30.9 Å². The Labute approximate surface area is 127 Å². The number of hydrogen-bond donors (Lipinski definition) is 1. The molecule has 1 saturated heterocycles. The second kappa shape index (κ2) is 7.56. The minimum absolute atomic E-state index is 0.410. The van der Waals surface area contributed by atoms with Gasteiger partial charge in [0.25, 0.3) is 0 Å². The van der Waals surface area contributed by atoms with Gasteiger partial charge in [0.1, 0.15) is 18.2 Å². The molecule has 0 aliphatic carbocycles. The molecule has 1 atom stereocenters. The lowest BCUT2D eigenvalue weighted by Gasteiger charge is -2.28. The lowest BCUT2D eigenvalue weighted by molar-refractivity contribution is 0.128. The van der Waals surface area contributed by atoms with Crippen molar-refractivity contribution in [3.05, 3.63) is 11.9 Å². The molecular weight excluding hydrogens is 266 g/mol. The van der Waals surface area contributed by atoms with E-state index in [1.807, 2.05) is 13.0 Å². The molecule has 118 valence electrons. The average Bonchev–Trinajstić information content (AvgIpc) is 2.91. The molecule has 0 radical (unpaired) electrons. The monoisotopic (exact) mass is 293 g/mol. The van der Waals surface area contributed by atoms with Crippen molar-refractivity contribution in [1.29, 1.82) is 0 Å². The van der Waals surface area contributed by atoms with Gasteiger partial charge in [0.15, 0.2) is 5.82 Å². The number of nitrogens with zero attached hydrogens (tertiary/aromatic N) is 4. The van der Waals surface area contributed by atoms with Crippen LogP contribution in [0.4, 0.5) is 11.6 Å². The number of nitrogens with two attached hydrogens (primary N) is 1. The Hall–Kier alpha value is -1.40. The van der Waals surface area contributed by atoms with E-state index in [1.54, 1.807) is 0 Å². The van der Waals surface area contributed by atoms with Crippen molar-refractivity contribution < 1.29 is 4.74 Å². The molecule has 0 bridgehead atoms. The van der Waals surface area contributed by atoms with Crippen molar-refractivity contribution >= 4 is 11.6 Å². The largest absolute Gasteiger partial charge is 0.384 e. The number of likely N-dealkylation sites (tertiary alicyclic amines) is 1.